The molecule has 3 unspecified atom stereocenters. The molecular weight excluding hydrogens is 1370 g/mol. The van der Waals surface area contributed by atoms with Crippen molar-refractivity contribution < 1.29 is 80.2 Å². The van der Waals surface area contributed by atoms with E-state index in [0.717, 1.165) is 102 Å². The Morgan fingerprint density at radius 1 is 0.276 bits per heavy atom. The normalized spacial score (nSPS) is 14.1. The summed E-state index contributed by atoms with van der Waals surface area (Å²) in [5, 5.41) is 10.7. The van der Waals surface area contributed by atoms with Gasteiger partial charge in [-0.05, 0) is 37.5 Å². The Hall–Kier alpha value is -1.94. The number of unbranched alkanes of at least 4 members (excludes halogenated alkanes) is 54. The summed E-state index contributed by atoms with van der Waals surface area (Å²) in [5.74, 6) is -0.517. The molecule has 0 saturated carbocycles. The largest absolute Gasteiger partial charge is 0.472 e. The maximum absolute atomic E-state index is 13.1. The molecule has 6 atom stereocenters. The first-order valence-corrected chi connectivity index (χ1v) is 47.5. The van der Waals surface area contributed by atoms with Gasteiger partial charge in [0, 0.05) is 25.7 Å². The third kappa shape index (κ3) is 78.5. The monoisotopic (exact) mass is 1540 g/mol. The zero-order valence-electron chi connectivity index (χ0n) is 69.0. The Morgan fingerprint density at radius 3 is 0.724 bits per heavy atom. The van der Waals surface area contributed by atoms with Crippen LogP contribution in [-0.4, -0.2) is 96.7 Å². The lowest BCUT2D eigenvalue weighted by Gasteiger charge is -2.21. The van der Waals surface area contributed by atoms with Gasteiger partial charge in [0.15, 0.2) is 12.2 Å². The molecule has 0 radical (unpaired) electrons. The Kier molecular flexibility index (Phi) is 76.0. The number of ether oxygens (including phenoxy) is 4. The predicted octanol–water partition coefficient (Wildman–Crippen LogP) is 26.2. The van der Waals surface area contributed by atoms with E-state index in [9.17, 15) is 43.2 Å². The number of phosphoric acid groups is 2. The smallest absolute Gasteiger partial charge is 0.462 e. The van der Waals surface area contributed by atoms with Crippen molar-refractivity contribution in [2.75, 3.05) is 39.6 Å². The van der Waals surface area contributed by atoms with Gasteiger partial charge in [-0.25, -0.2) is 9.13 Å². The third-order valence-corrected chi connectivity index (χ3v) is 22.5. The van der Waals surface area contributed by atoms with Crippen molar-refractivity contribution >= 4 is 39.5 Å². The van der Waals surface area contributed by atoms with Gasteiger partial charge < -0.3 is 33.8 Å². The lowest BCUT2D eigenvalue weighted by atomic mass is 9.99. The number of carbonyl (C=O) groups excluding carboxylic acids is 4. The predicted molar refractivity (Wildman–Crippen MR) is 432 cm³/mol. The van der Waals surface area contributed by atoms with Crippen LogP contribution in [0.2, 0.25) is 0 Å². The molecule has 3 N–H and O–H groups in total. The van der Waals surface area contributed by atoms with Crippen molar-refractivity contribution in [2.45, 2.75) is 477 Å². The zero-order chi connectivity index (χ0) is 77.1. The van der Waals surface area contributed by atoms with E-state index in [1.54, 1.807) is 0 Å². The van der Waals surface area contributed by atoms with E-state index in [-0.39, 0.29) is 25.7 Å². The summed E-state index contributed by atoms with van der Waals surface area (Å²) in [6.45, 7) is 9.71. The molecule has 0 bridgehead atoms. The maximum Gasteiger partial charge on any atom is 0.472 e. The number of aliphatic hydroxyl groups excluding tert-OH is 1. The lowest BCUT2D eigenvalue weighted by Crippen LogP contribution is -2.30. The molecular formula is C86H168O17P2. The van der Waals surface area contributed by atoms with E-state index in [4.69, 9.17) is 37.0 Å². The minimum Gasteiger partial charge on any atom is -0.462 e. The molecule has 0 saturated heterocycles. The first-order valence-electron chi connectivity index (χ1n) is 44.5. The standard InChI is InChI=1S/C86H168O17P2/c1-7-10-12-14-16-18-20-22-24-26-27-28-32-37-41-45-53-59-65-71-85(90)102-81(74-96-83(88)68-62-56-50-43-39-35-33-29-30-34-38-42-48-54-60-66-78(4)5)76-100-104(92,93)98-72-80(87)73-99-105(94,95)101-77-82(75-97-84(89)69-63-57-51-47-46-49-55-61-67-79(6)9-3)103-86(91)70-64-58-52-44-40-36-31-25-23-21-19-17-15-13-11-8-2/h78-82,87H,7-77H2,1-6H3,(H,92,93)(H,94,95)/t79?,80-,81-,82-/m1/s1. The molecule has 0 fully saturated rings. The van der Waals surface area contributed by atoms with Crippen LogP contribution in [0.15, 0.2) is 0 Å². The second-order valence-electron chi connectivity index (χ2n) is 31.6. The highest BCUT2D eigenvalue weighted by atomic mass is 31.2. The van der Waals surface area contributed by atoms with Gasteiger partial charge in [-0.3, -0.25) is 37.3 Å². The fourth-order valence-electron chi connectivity index (χ4n) is 13.4. The molecule has 0 aromatic rings. The summed E-state index contributed by atoms with van der Waals surface area (Å²) in [6.07, 6.45) is 69.3. The molecule has 0 aromatic carbocycles. The van der Waals surface area contributed by atoms with Crippen LogP contribution in [-0.2, 0) is 65.4 Å². The number of phosphoric ester groups is 2. The first-order chi connectivity index (χ1) is 50.9. The molecule has 0 aliphatic carbocycles. The summed E-state index contributed by atoms with van der Waals surface area (Å²) in [6, 6.07) is 0. The van der Waals surface area contributed by atoms with Crippen molar-refractivity contribution in [3.05, 3.63) is 0 Å². The molecule has 17 nitrogen and oxygen atoms in total. The minimum atomic E-state index is -4.97. The van der Waals surface area contributed by atoms with E-state index in [0.29, 0.717) is 25.7 Å². The highest BCUT2D eigenvalue weighted by Gasteiger charge is 2.30. The summed E-state index contributed by atoms with van der Waals surface area (Å²) in [4.78, 5) is 73.3. The quantitative estimate of drug-likeness (QED) is 0.0222. The average molecular weight is 1540 g/mol. The van der Waals surface area contributed by atoms with Crippen LogP contribution >= 0.6 is 15.6 Å². The van der Waals surface area contributed by atoms with Gasteiger partial charge in [0.25, 0.3) is 0 Å². The van der Waals surface area contributed by atoms with E-state index in [2.05, 4.69) is 41.5 Å². The van der Waals surface area contributed by atoms with E-state index >= 15 is 0 Å². The van der Waals surface area contributed by atoms with Crippen molar-refractivity contribution in [1.82, 2.24) is 0 Å². The van der Waals surface area contributed by atoms with Crippen molar-refractivity contribution in [3.63, 3.8) is 0 Å². The van der Waals surface area contributed by atoms with Crippen molar-refractivity contribution in [3.8, 4) is 0 Å². The second kappa shape index (κ2) is 77.4. The molecule has 0 spiro atoms. The molecule has 105 heavy (non-hydrogen) atoms. The van der Waals surface area contributed by atoms with Gasteiger partial charge in [-0.15, -0.1) is 0 Å². The number of esters is 4. The van der Waals surface area contributed by atoms with Gasteiger partial charge in [-0.2, -0.15) is 0 Å². The van der Waals surface area contributed by atoms with Gasteiger partial charge in [0.2, 0.25) is 0 Å². The average Bonchev–Trinajstić information content (AvgIpc) is 0.907. The molecule has 19 heteroatoms. The Balaban J connectivity index is 5.26. The van der Waals surface area contributed by atoms with E-state index < -0.39 is 97.5 Å². The molecule has 624 valence electrons. The first kappa shape index (κ1) is 103. The summed E-state index contributed by atoms with van der Waals surface area (Å²) < 4.78 is 68.9. The molecule has 0 aromatic heterocycles. The number of carbonyl (C=O) groups is 4. The fraction of sp³-hybridized carbons (Fsp3) is 0.953. The van der Waals surface area contributed by atoms with E-state index in [1.807, 2.05) is 0 Å². The van der Waals surface area contributed by atoms with Gasteiger partial charge in [0.1, 0.15) is 19.3 Å². The van der Waals surface area contributed by atoms with Crippen LogP contribution in [0.5, 0.6) is 0 Å². The van der Waals surface area contributed by atoms with Gasteiger partial charge in [0.05, 0.1) is 26.4 Å². The third-order valence-electron chi connectivity index (χ3n) is 20.6. The summed E-state index contributed by atoms with van der Waals surface area (Å²) >= 11 is 0. The topological polar surface area (TPSA) is 237 Å². The molecule has 0 heterocycles. The fourth-order valence-corrected chi connectivity index (χ4v) is 15.0. The van der Waals surface area contributed by atoms with Crippen LogP contribution in [0.4, 0.5) is 0 Å². The maximum atomic E-state index is 13.1. The SMILES string of the molecule is CCCCCCCCCCCCCCCCCCCCCC(=O)O[C@H](COC(=O)CCCCCCCCCCCCCCCCCC(C)C)COP(=O)(O)OC[C@@H](O)COP(=O)(O)OC[C@@H](COC(=O)CCCCCCCCCCC(C)CC)OC(=O)CCCCCCCCCCCCCCCCCC. The van der Waals surface area contributed by atoms with Crippen LogP contribution in [0, 0.1) is 11.8 Å². The van der Waals surface area contributed by atoms with Crippen molar-refractivity contribution in [1.29, 1.82) is 0 Å². The number of rotatable bonds is 85. The van der Waals surface area contributed by atoms with Gasteiger partial charge in [-0.1, -0.05) is 408 Å². The molecule has 0 amide bonds. The second-order valence-corrected chi connectivity index (χ2v) is 34.6. The van der Waals surface area contributed by atoms with E-state index in [1.165, 1.54) is 276 Å². The summed E-state index contributed by atoms with van der Waals surface area (Å²) in [5.41, 5.74) is 0. The van der Waals surface area contributed by atoms with Crippen LogP contribution < -0.4 is 0 Å². The highest BCUT2D eigenvalue weighted by molar-refractivity contribution is 7.47. The van der Waals surface area contributed by atoms with Crippen LogP contribution in [0.3, 0.4) is 0 Å². The zero-order valence-corrected chi connectivity index (χ0v) is 70.8. The lowest BCUT2D eigenvalue weighted by molar-refractivity contribution is -0.161. The van der Waals surface area contributed by atoms with Crippen LogP contribution in [0.1, 0.15) is 459 Å². The number of aliphatic hydroxyl groups is 1. The molecule has 0 aliphatic rings. The highest BCUT2D eigenvalue weighted by Crippen LogP contribution is 2.45. The molecule has 0 aliphatic heterocycles. The Bertz CT molecular complexity index is 2010. The van der Waals surface area contributed by atoms with Crippen LogP contribution in [0.25, 0.3) is 0 Å². The minimum absolute atomic E-state index is 0.108. The number of hydrogen-bond acceptors (Lipinski definition) is 15. The number of hydrogen-bond donors (Lipinski definition) is 3. The van der Waals surface area contributed by atoms with Gasteiger partial charge >= 0.3 is 39.5 Å². The Morgan fingerprint density at radius 2 is 0.486 bits per heavy atom. The Labute approximate surface area is 645 Å². The van der Waals surface area contributed by atoms with Crippen molar-refractivity contribution in [2.24, 2.45) is 11.8 Å². The summed E-state index contributed by atoms with van der Waals surface area (Å²) in [7, 11) is -9.93. The molecule has 0 rings (SSSR count).